The van der Waals surface area contributed by atoms with Gasteiger partial charge in [0.15, 0.2) is 0 Å². The van der Waals surface area contributed by atoms with Crippen LogP contribution in [0.25, 0.3) is 11.1 Å². The van der Waals surface area contributed by atoms with Crippen LogP contribution in [0.4, 0.5) is 0 Å². The maximum absolute atomic E-state index is 2.28. The molecule has 2 rings (SSSR count). The van der Waals surface area contributed by atoms with Gasteiger partial charge >= 0.3 is 0 Å². The Morgan fingerprint density at radius 1 is 1.00 bits per heavy atom. The number of aryl methyl sites for hydroxylation is 2. The summed E-state index contributed by atoms with van der Waals surface area (Å²) >= 11 is 0. The van der Waals surface area contributed by atoms with E-state index in [1.165, 1.54) is 27.8 Å². The summed E-state index contributed by atoms with van der Waals surface area (Å²) in [5, 5.41) is 0. The molecular weight excluding hydrogens is 108 g/mol. The molecule has 0 saturated carbocycles. The molecule has 0 saturated heterocycles. The van der Waals surface area contributed by atoms with E-state index in [-0.39, 0.29) is 0 Å². The quantitative estimate of drug-likeness (QED) is 0.498. The normalized spacial score (nSPS) is 11.9. The third kappa shape index (κ3) is 0.437. The Hall–Kier alpha value is -0.780. The number of benzene rings is 1. The van der Waals surface area contributed by atoms with E-state index in [9.17, 15) is 0 Å². The van der Waals surface area contributed by atoms with E-state index in [1.54, 1.807) is 0 Å². The summed E-state index contributed by atoms with van der Waals surface area (Å²) in [6, 6.07) is 2.28. The Labute approximate surface area is 55.5 Å². The summed E-state index contributed by atoms with van der Waals surface area (Å²) < 4.78 is 0. The molecule has 0 amide bonds. The van der Waals surface area contributed by atoms with Crippen LogP contribution in [0, 0.1) is 20.8 Å². The van der Waals surface area contributed by atoms with Crippen LogP contribution in [0.15, 0.2) is 6.07 Å². The van der Waals surface area contributed by atoms with Crippen molar-refractivity contribution in [2.75, 3.05) is 0 Å². The Kier molecular flexibility index (Phi) is 0.675. The molecule has 2 aliphatic carbocycles. The molecule has 0 unspecified atom stereocenters. The first-order valence-electron chi connectivity index (χ1n) is 3.33. The first-order chi connectivity index (χ1) is 4.22. The van der Waals surface area contributed by atoms with Gasteiger partial charge in [-0.1, -0.05) is 6.07 Å². The Bertz CT molecular complexity index is 283. The fourth-order valence-corrected chi connectivity index (χ4v) is 1.49. The minimum Gasteiger partial charge on any atom is -0.0508 e. The van der Waals surface area contributed by atoms with E-state index < -0.39 is 0 Å². The van der Waals surface area contributed by atoms with Crippen LogP contribution >= 0.6 is 0 Å². The molecule has 9 heavy (non-hydrogen) atoms. The highest BCUT2D eigenvalue weighted by Crippen LogP contribution is 2.46. The topological polar surface area (TPSA) is 0 Å². The van der Waals surface area contributed by atoms with Gasteiger partial charge in [-0.15, -0.1) is 0 Å². The molecule has 2 aliphatic rings. The third-order valence-electron chi connectivity index (χ3n) is 2.31. The van der Waals surface area contributed by atoms with Gasteiger partial charge in [-0.2, -0.15) is 0 Å². The second-order valence-electron chi connectivity index (χ2n) is 2.87. The average Bonchev–Trinajstić information content (AvgIpc) is 2.29. The summed E-state index contributed by atoms with van der Waals surface area (Å²) in [4.78, 5) is 0. The van der Waals surface area contributed by atoms with E-state index in [4.69, 9.17) is 0 Å². The number of hydrogen-bond donors (Lipinski definition) is 0. The van der Waals surface area contributed by atoms with Gasteiger partial charge in [0.2, 0.25) is 0 Å². The van der Waals surface area contributed by atoms with Gasteiger partial charge in [0.1, 0.15) is 0 Å². The zero-order valence-electron chi connectivity index (χ0n) is 6.08. The van der Waals surface area contributed by atoms with Crippen molar-refractivity contribution in [2.24, 2.45) is 0 Å². The Balaban J connectivity index is 2.70. The monoisotopic (exact) mass is 118 g/mol. The van der Waals surface area contributed by atoms with Gasteiger partial charge in [-0.3, -0.25) is 0 Å². The molecule has 0 atom stereocenters. The molecular formula is C9H10. The fourth-order valence-electron chi connectivity index (χ4n) is 1.49. The van der Waals surface area contributed by atoms with E-state index in [0.717, 1.165) is 0 Å². The number of fused-ring (bicyclic) bond motifs is 1. The van der Waals surface area contributed by atoms with E-state index in [0.29, 0.717) is 0 Å². The summed E-state index contributed by atoms with van der Waals surface area (Å²) in [5.74, 6) is 0. The molecule has 0 heterocycles. The molecule has 0 fully saturated rings. The van der Waals surface area contributed by atoms with Crippen LogP contribution in [0.5, 0.6) is 0 Å². The lowest BCUT2D eigenvalue weighted by molar-refractivity contribution is 1.40. The predicted molar refractivity (Wildman–Crippen MR) is 39.6 cm³/mol. The van der Waals surface area contributed by atoms with Gasteiger partial charge < -0.3 is 0 Å². The molecule has 0 aromatic rings. The first-order valence-corrected chi connectivity index (χ1v) is 3.33. The largest absolute Gasteiger partial charge is 0.0508 e. The van der Waals surface area contributed by atoms with E-state index >= 15 is 0 Å². The summed E-state index contributed by atoms with van der Waals surface area (Å²) in [7, 11) is 0. The van der Waals surface area contributed by atoms with Crippen molar-refractivity contribution in [3.8, 4) is 11.1 Å². The smallest absolute Gasteiger partial charge is 0.0114 e. The molecule has 0 aliphatic heterocycles. The molecule has 0 heteroatoms. The Morgan fingerprint density at radius 2 is 1.67 bits per heavy atom. The maximum atomic E-state index is 2.28. The number of rotatable bonds is 0. The molecule has 0 aromatic heterocycles. The third-order valence-corrected chi connectivity index (χ3v) is 2.31. The fraction of sp³-hybridized carbons (Fsp3) is 0.333. The summed E-state index contributed by atoms with van der Waals surface area (Å²) in [6.07, 6.45) is 0. The lowest BCUT2D eigenvalue weighted by Crippen LogP contribution is -1.67. The van der Waals surface area contributed by atoms with Crippen molar-refractivity contribution in [2.45, 2.75) is 20.8 Å². The molecule has 0 bridgehead atoms. The SMILES string of the molecule is Cc1cc2c(C)c-2c1C. The van der Waals surface area contributed by atoms with Gasteiger partial charge in [0.05, 0.1) is 0 Å². The lowest BCUT2D eigenvalue weighted by Gasteiger charge is -1.85. The van der Waals surface area contributed by atoms with E-state index in [1.807, 2.05) is 0 Å². The van der Waals surface area contributed by atoms with Crippen LogP contribution in [0.1, 0.15) is 16.7 Å². The highest BCUT2D eigenvalue weighted by atomic mass is 14.3. The van der Waals surface area contributed by atoms with Crippen LogP contribution in [-0.4, -0.2) is 0 Å². The van der Waals surface area contributed by atoms with E-state index in [2.05, 4.69) is 26.8 Å². The van der Waals surface area contributed by atoms with Crippen LogP contribution < -0.4 is 0 Å². The Morgan fingerprint density at radius 3 is 2.00 bits per heavy atom. The summed E-state index contributed by atoms with van der Waals surface area (Å²) in [6.45, 7) is 6.57. The average molecular weight is 118 g/mol. The molecule has 0 radical (unpaired) electrons. The molecule has 46 valence electrons. The van der Waals surface area contributed by atoms with Gasteiger partial charge in [-0.25, -0.2) is 0 Å². The molecule has 0 spiro atoms. The van der Waals surface area contributed by atoms with Crippen molar-refractivity contribution in [3.63, 3.8) is 0 Å². The lowest BCUT2D eigenvalue weighted by atomic mass is 10.2. The minimum atomic E-state index is 1.45. The van der Waals surface area contributed by atoms with Crippen LogP contribution in [0.3, 0.4) is 0 Å². The van der Waals surface area contributed by atoms with Gasteiger partial charge in [-0.05, 0) is 48.6 Å². The molecule has 0 nitrogen and oxygen atoms in total. The maximum Gasteiger partial charge on any atom is -0.0114 e. The van der Waals surface area contributed by atoms with Crippen molar-refractivity contribution in [3.05, 3.63) is 22.8 Å². The van der Waals surface area contributed by atoms with Crippen LogP contribution in [-0.2, 0) is 0 Å². The predicted octanol–water partition coefficient (Wildman–Crippen LogP) is 2.59. The standard InChI is InChI=1S/C9H10/c1-5-4-8-7(3)9(8)6(5)2/h4H,1-3H3. The highest BCUT2D eigenvalue weighted by Gasteiger charge is 2.23. The van der Waals surface area contributed by atoms with Crippen molar-refractivity contribution < 1.29 is 0 Å². The first kappa shape index (κ1) is 5.04. The zero-order chi connectivity index (χ0) is 6.59. The molecule has 0 N–H and O–H groups in total. The summed E-state index contributed by atoms with van der Waals surface area (Å²) in [5.41, 5.74) is 7.49. The highest BCUT2D eigenvalue weighted by molar-refractivity contribution is 5.93. The zero-order valence-corrected chi connectivity index (χ0v) is 6.08. The number of hydrogen-bond acceptors (Lipinski definition) is 0. The van der Waals surface area contributed by atoms with Crippen molar-refractivity contribution >= 4 is 0 Å². The van der Waals surface area contributed by atoms with Crippen LogP contribution in [0.2, 0.25) is 0 Å². The second kappa shape index (κ2) is 1.21. The molecule has 0 aromatic carbocycles. The second-order valence-corrected chi connectivity index (χ2v) is 2.87. The minimum absolute atomic E-state index is 1.45. The van der Waals surface area contributed by atoms with Gasteiger partial charge in [0, 0.05) is 0 Å². The van der Waals surface area contributed by atoms with Crippen molar-refractivity contribution in [1.82, 2.24) is 0 Å². The van der Waals surface area contributed by atoms with Gasteiger partial charge in [0.25, 0.3) is 0 Å². The van der Waals surface area contributed by atoms with Crippen molar-refractivity contribution in [1.29, 1.82) is 0 Å².